The van der Waals surface area contributed by atoms with E-state index in [-0.39, 0.29) is 5.82 Å². The number of alkyl halides is 3. The van der Waals surface area contributed by atoms with Crippen LogP contribution in [0.15, 0.2) is 61.1 Å². The number of halogens is 4. The van der Waals surface area contributed by atoms with Crippen molar-refractivity contribution in [2.45, 2.75) is 25.6 Å². The molecule has 0 unspecified atom stereocenters. The van der Waals surface area contributed by atoms with E-state index < -0.39 is 11.7 Å². The molecular weight excluding hydrogens is 408 g/mol. The summed E-state index contributed by atoms with van der Waals surface area (Å²) < 4.78 is 54.0. The maximum atomic E-state index is 13.6. The minimum Gasteiger partial charge on any atom is -0.365 e. The summed E-state index contributed by atoms with van der Waals surface area (Å²) >= 11 is 0. The summed E-state index contributed by atoms with van der Waals surface area (Å²) in [6.45, 7) is 1.38. The monoisotopic (exact) mass is 426 g/mol. The van der Waals surface area contributed by atoms with Gasteiger partial charge in [0.2, 0.25) is 0 Å². The van der Waals surface area contributed by atoms with Crippen LogP contribution in [0.3, 0.4) is 0 Å². The number of hydrogen-bond donors (Lipinski definition) is 0. The van der Waals surface area contributed by atoms with Gasteiger partial charge < -0.3 is 4.90 Å². The van der Waals surface area contributed by atoms with Crippen molar-refractivity contribution in [1.82, 2.24) is 14.4 Å². The van der Waals surface area contributed by atoms with Crippen molar-refractivity contribution in [3.8, 4) is 11.3 Å². The quantitative estimate of drug-likeness (QED) is 0.405. The van der Waals surface area contributed by atoms with Crippen molar-refractivity contribution in [2.75, 3.05) is 11.4 Å². The highest BCUT2D eigenvalue weighted by Gasteiger charge is 2.30. The first-order chi connectivity index (χ1) is 14.9. The number of rotatable bonds is 3. The lowest BCUT2D eigenvalue weighted by Gasteiger charge is -2.31. The normalized spacial score (nSPS) is 14.1. The Hall–Kier alpha value is -3.42. The van der Waals surface area contributed by atoms with Gasteiger partial charge in [0.25, 0.3) is 0 Å². The first kappa shape index (κ1) is 19.5. The van der Waals surface area contributed by atoms with Gasteiger partial charge in [-0.25, -0.2) is 9.37 Å². The van der Waals surface area contributed by atoms with E-state index in [2.05, 4.69) is 14.9 Å². The maximum absolute atomic E-state index is 13.6. The van der Waals surface area contributed by atoms with Gasteiger partial charge in [0, 0.05) is 24.0 Å². The van der Waals surface area contributed by atoms with E-state index in [0.717, 1.165) is 48.5 Å². The second kappa shape index (κ2) is 7.37. The van der Waals surface area contributed by atoms with E-state index in [1.807, 2.05) is 10.6 Å². The molecule has 4 nitrogen and oxygen atoms in total. The average Bonchev–Trinajstić information content (AvgIpc) is 3.16. The number of fused-ring (bicyclic) bond motifs is 2. The van der Waals surface area contributed by atoms with Gasteiger partial charge >= 0.3 is 6.18 Å². The lowest BCUT2D eigenvalue weighted by Crippen LogP contribution is -2.29. The van der Waals surface area contributed by atoms with Crippen LogP contribution in [0.2, 0.25) is 0 Å². The van der Waals surface area contributed by atoms with Gasteiger partial charge in [0.15, 0.2) is 5.65 Å². The number of aromatic nitrogens is 3. The molecule has 0 saturated heterocycles. The van der Waals surface area contributed by atoms with E-state index in [1.165, 1.54) is 18.2 Å². The molecule has 0 radical (unpaired) electrons. The third-order valence-corrected chi connectivity index (χ3v) is 5.57. The molecule has 2 aromatic carbocycles. The zero-order chi connectivity index (χ0) is 21.6. The molecule has 0 spiro atoms. The van der Waals surface area contributed by atoms with Crippen LogP contribution >= 0.6 is 0 Å². The van der Waals surface area contributed by atoms with Crippen molar-refractivity contribution in [3.63, 3.8) is 0 Å². The zero-order valence-electron chi connectivity index (χ0n) is 16.4. The smallest absolute Gasteiger partial charge is 0.365 e. The summed E-state index contributed by atoms with van der Waals surface area (Å²) in [4.78, 5) is 11.0. The van der Waals surface area contributed by atoms with Crippen molar-refractivity contribution in [3.05, 3.63) is 83.7 Å². The van der Waals surface area contributed by atoms with Gasteiger partial charge in [-0.1, -0.05) is 12.1 Å². The fourth-order valence-electron chi connectivity index (χ4n) is 4.06. The molecule has 3 heterocycles. The van der Waals surface area contributed by atoms with E-state index in [1.54, 1.807) is 24.5 Å². The summed E-state index contributed by atoms with van der Waals surface area (Å²) in [7, 11) is 0. The fraction of sp³-hybridized carbons (Fsp3) is 0.217. The Kier molecular flexibility index (Phi) is 4.64. The predicted octanol–water partition coefficient (Wildman–Crippen LogP) is 5.51. The Balaban J connectivity index is 1.46. The number of aryl methyl sites for hydroxylation is 1. The van der Waals surface area contributed by atoms with Crippen LogP contribution in [0.4, 0.5) is 23.2 Å². The SMILES string of the molecule is Fc1ccc2c(c1)CCCN2Cc1cn2c(-c3ccc(C(F)(F)F)cc3)cnc2cn1. The molecule has 2 aromatic heterocycles. The first-order valence-electron chi connectivity index (χ1n) is 9.91. The van der Waals surface area contributed by atoms with Crippen LogP contribution in [0, 0.1) is 5.82 Å². The number of imidazole rings is 1. The molecule has 0 fully saturated rings. The van der Waals surface area contributed by atoms with Gasteiger partial charge in [-0.05, 0) is 48.7 Å². The van der Waals surface area contributed by atoms with Gasteiger partial charge in [-0.2, -0.15) is 13.2 Å². The highest BCUT2D eigenvalue weighted by molar-refractivity contribution is 5.64. The fourth-order valence-corrected chi connectivity index (χ4v) is 4.06. The molecule has 1 aliphatic rings. The highest BCUT2D eigenvalue weighted by Crippen LogP contribution is 2.32. The molecule has 158 valence electrons. The number of hydrogen-bond acceptors (Lipinski definition) is 3. The summed E-state index contributed by atoms with van der Waals surface area (Å²) in [6.07, 6.45) is 2.53. The molecule has 31 heavy (non-hydrogen) atoms. The van der Waals surface area contributed by atoms with E-state index in [9.17, 15) is 17.6 Å². The maximum Gasteiger partial charge on any atom is 0.416 e. The largest absolute Gasteiger partial charge is 0.416 e. The number of benzene rings is 2. The van der Waals surface area contributed by atoms with E-state index in [4.69, 9.17) is 0 Å². The molecule has 1 aliphatic heterocycles. The molecule has 0 atom stereocenters. The third kappa shape index (κ3) is 3.73. The van der Waals surface area contributed by atoms with Gasteiger partial charge in [0.1, 0.15) is 5.82 Å². The van der Waals surface area contributed by atoms with Crippen molar-refractivity contribution in [2.24, 2.45) is 0 Å². The third-order valence-electron chi connectivity index (χ3n) is 5.57. The number of anilines is 1. The van der Waals surface area contributed by atoms with Crippen LogP contribution < -0.4 is 4.90 Å². The topological polar surface area (TPSA) is 33.4 Å². The van der Waals surface area contributed by atoms with E-state index in [0.29, 0.717) is 23.4 Å². The van der Waals surface area contributed by atoms with Crippen LogP contribution in [0.1, 0.15) is 23.2 Å². The second-order valence-electron chi connectivity index (χ2n) is 7.62. The molecule has 4 aromatic rings. The molecule has 0 N–H and O–H groups in total. The van der Waals surface area contributed by atoms with Crippen LogP contribution in [-0.4, -0.2) is 20.9 Å². The standard InChI is InChI=1S/C23H18F4N4/c24-18-7-8-20-16(10-18)2-1-9-30(20)13-19-14-31-21(11-29-22(31)12-28-19)15-3-5-17(6-4-15)23(25,26)27/h3-8,10-12,14H,1-2,9,13H2. The Morgan fingerprint density at radius 1 is 0.968 bits per heavy atom. The molecule has 0 bridgehead atoms. The van der Waals surface area contributed by atoms with Crippen molar-refractivity contribution >= 4 is 11.3 Å². The Bertz CT molecular complexity index is 1240. The van der Waals surface area contributed by atoms with Crippen LogP contribution in [-0.2, 0) is 19.1 Å². The molecule has 0 aliphatic carbocycles. The lowest BCUT2D eigenvalue weighted by atomic mass is 10.0. The molecule has 0 amide bonds. The average molecular weight is 426 g/mol. The van der Waals surface area contributed by atoms with Gasteiger partial charge in [0.05, 0.1) is 35.9 Å². The molecular formula is C23H18F4N4. The van der Waals surface area contributed by atoms with Crippen LogP contribution in [0.5, 0.6) is 0 Å². The number of nitrogens with zero attached hydrogens (tertiary/aromatic N) is 4. The highest BCUT2D eigenvalue weighted by atomic mass is 19.4. The zero-order valence-corrected chi connectivity index (χ0v) is 16.4. The second-order valence-corrected chi connectivity index (χ2v) is 7.62. The lowest BCUT2D eigenvalue weighted by molar-refractivity contribution is -0.137. The summed E-state index contributed by atoms with van der Waals surface area (Å²) in [5, 5.41) is 0. The summed E-state index contributed by atoms with van der Waals surface area (Å²) in [5.74, 6) is -0.236. The Labute approximate surface area is 175 Å². The minimum atomic E-state index is -4.37. The van der Waals surface area contributed by atoms with Crippen molar-refractivity contribution < 1.29 is 17.6 Å². The predicted molar refractivity (Wildman–Crippen MR) is 109 cm³/mol. The molecule has 5 rings (SSSR count). The van der Waals surface area contributed by atoms with E-state index >= 15 is 0 Å². The van der Waals surface area contributed by atoms with Crippen LogP contribution in [0.25, 0.3) is 16.9 Å². The van der Waals surface area contributed by atoms with Gasteiger partial charge in [-0.3, -0.25) is 9.38 Å². The summed E-state index contributed by atoms with van der Waals surface area (Å²) in [6, 6.07) is 9.88. The van der Waals surface area contributed by atoms with Gasteiger partial charge in [-0.15, -0.1) is 0 Å². The first-order valence-corrected chi connectivity index (χ1v) is 9.91. The Morgan fingerprint density at radius 3 is 2.55 bits per heavy atom. The minimum absolute atomic E-state index is 0.236. The molecule has 0 saturated carbocycles. The summed E-state index contributed by atoms with van der Waals surface area (Å²) in [5.41, 5.74) is 4.02. The molecule has 8 heteroatoms. The van der Waals surface area contributed by atoms with Crippen molar-refractivity contribution in [1.29, 1.82) is 0 Å². The Morgan fingerprint density at radius 2 is 1.77 bits per heavy atom.